The van der Waals surface area contributed by atoms with Gasteiger partial charge in [0.1, 0.15) is 17.3 Å². The molecule has 0 amide bonds. The average Bonchev–Trinajstić information content (AvgIpc) is 3.01. The summed E-state index contributed by atoms with van der Waals surface area (Å²) >= 11 is 0. The molecule has 3 aromatic rings. The topological polar surface area (TPSA) is 60.0 Å². The first-order chi connectivity index (χ1) is 12.1. The molecule has 5 nitrogen and oxygen atoms in total. The van der Waals surface area contributed by atoms with Gasteiger partial charge in [-0.3, -0.25) is 4.90 Å². The van der Waals surface area contributed by atoms with Crippen LogP contribution < -0.4 is 5.73 Å². The van der Waals surface area contributed by atoms with Crippen molar-refractivity contribution in [2.75, 3.05) is 18.8 Å². The van der Waals surface area contributed by atoms with Gasteiger partial charge in [-0.2, -0.15) is 0 Å². The molecule has 0 spiro atoms. The normalized spacial score (nSPS) is 21.7. The number of nitrogen functional groups attached to an aromatic ring is 1. The van der Waals surface area contributed by atoms with Crippen LogP contribution in [-0.4, -0.2) is 32.5 Å². The summed E-state index contributed by atoms with van der Waals surface area (Å²) in [7, 11) is 0. The Kier molecular flexibility index (Phi) is 4.17. The van der Waals surface area contributed by atoms with E-state index in [-0.39, 0.29) is 0 Å². The van der Waals surface area contributed by atoms with E-state index in [1.54, 1.807) is 0 Å². The number of likely N-dealkylation sites (tertiary alicyclic amines) is 1. The van der Waals surface area contributed by atoms with Gasteiger partial charge in [-0.15, -0.1) is 0 Å². The number of aryl methyl sites for hydroxylation is 1. The predicted molar refractivity (Wildman–Crippen MR) is 101 cm³/mol. The highest BCUT2D eigenvalue weighted by atomic mass is 15.2. The molecule has 0 bridgehead atoms. The first-order valence-corrected chi connectivity index (χ1v) is 8.99. The molecule has 5 heteroatoms. The zero-order valence-corrected chi connectivity index (χ0v) is 14.9. The van der Waals surface area contributed by atoms with Crippen molar-refractivity contribution in [2.24, 2.45) is 5.92 Å². The molecule has 2 atom stereocenters. The lowest BCUT2D eigenvalue weighted by Gasteiger charge is -2.38. The molecule has 0 saturated carbocycles. The number of nitrogens with two attached hydrogens (primary N) is 1. The van der Waals surface area contributed by atoms with Gasteiger partial charge in [-0.1, -0.05) is 37.3 Å². The lowest BCUT2D eigenvalue weighted by Crippen LogP contribution is -2.40. The third kappa shape index (κ3) is 3.12. The number of benzene rings is 1. The van der Waals surface area contributed by atoms with Gasteiger partial charge in [0.15, 0.2) is 0 Å². The van der Waals surface area contributed by atoms with E-state index in [0.29, 0.717) is 17.8 Å². The minimum atomic E-state index is 0.406. The van der Waals surface area contributed by atoms with Crippen LogP contribution in [0.4, 0.5) is 5.82 Å². The van der Waals surface area contributed by atoms with Crippen LogP contribution in [0.25, 0.3) is 11.0 Å². The van der Waals surface area contributed by atoms with Gasteiger partial charge in [0.2, 0.25) is 0 Å². The summed E-state index contributed by atoms with van der Waals surface area (Å²) in [5, 5.41) is 0.956. The molecule has 1 saturated heterocycles. The van der Waals surface area contributed by atoms with E-state index in [0.717, 1.165) is 36.5 Å². The van der Waals surface area contributed by atoms with Crippen LogP contribution in [0, 0.1) is 12.8 Å². The molecule has 2 aromatic heterocycles. The Balaban J connectivity index is 1.62. The zero-order chi connectivity index (χ0) is 17.4. The van der Waals surface area contributed by atoms with E-state index in [9.17, 15) is 0 Å². The van der Waals surface area contributed by atoms with Crippen LogP contribution in [0.1, 0.15) is 30.8 Å². The maximum Gasteiger partial charge on any atom is 0.146 e. The lowest BCUT2D eigenvalue weighted by molar-refractivity contribution is 0.128. The number of piperidine rings is 1. The molecule has 4 rings (SSSR count). The molecule has 1 aliphatic rings. The largest absolute Gasteiger partial charge is 0.383 e. The smallest absolute Gasteiger partial charge is 0.146 e. The van der Waals surface area contributed by atoms with Crippen LogP contribution >= 0.6 is 0 Å². The minimum Gasteiger partial charge on any atom is -0.383 e. The van der Waals surface area contributed by atoms with Gasteiger partial charge in [-0.25, -0.2) is 9.97 Å². The van der Waals surface area contributed by atoms with Crippen molar-refractivity contribution in [3.63, 3.8) is 0 Å². The van der Waals surface area contributed by atoms with Crippen LogP contribution in [0.2, 0.25) is 0 Å². The fourth-order valence-corrected chi connectivity index (χ4v) is 3.90. The monoisotopic (exact) mass is 335 g/mol. The van der Waals surface area contributed by atoms with Crippen molar-refractivity contribution >= 4 is 16.9 Å². The SMILES string of the molecule is Cc1nc(N)c2ccn(C3CN(Cc4ccccc4)CCC3C)c2n1. The zero-order valence-electron chi connectivity index (χ0n) is 14.9. The number of anilines is 1. The second-order valence-corrected chi connectivity index (χ2v) is 7.17. The highest BCUT2D eigenvalue weighted by Gasteiger charge is 2.28. The summed E-state index contributed by atoms with van der Waals surface area (Å²) in [5.74, 6) is 1.92. The summed E-state index contributed by atoms with van der Waals surface area (Å²) in [6.45, 7) is 7.41. The third-order valence-corrected chi connectivity index (χ3v) is 5.32. The van der Waals surface area contributed by atoms with Crippen LogP contribution in [-0.2, 0) is 6.54 Å². The summed E-state index contributed by atoms with van der Waals surface area (Å²) in [4.78, 5) is 11.5. The highest BCUT2D eigenvalue weighted by molar-refractivity contribution is 5.86. The Bertz CT molecular complexity index is 870. The lowest BCUT2D eigenvalue weighted by atomic mass is 9.93. The van der Waals surface area contributed by atoms with Crippen molar-refractivity contribution in [2.45, 2.75) is 32.9 Å². The van der Waals surface area contributed by atoms with E-state index in [4.69, 9.17) is 5.73 Å². The summed E-state index contributed by atoms with van der Waals surface area (Å²) < 4.78 is 2.31. The Morgan fingerprint density at radius 2 is 1.96 bits per heavy atom. The van der Waals surface area contributed by atoms with Gasteiger partial charge in [0.05, 0.1) is 11.4 Å². The molecule has 1 aromatic carbocycles. The number of nitrogens with zero attached hydrogens (tertiary/aromatic N) is 4. The average molecular weight is 335 g/mol. The van der Waals surface area contributed by atoms with Gasteiger partial charge in [0.25, 0.3) is 0 Å². The predicted octanol–water partition coefficient (Wildman–Crippen LogP) is 3.41. The molecule has 3 heterocycles. The molecule has 1 aliphatic heterocycles. The second-order valence-electron chi connectivity index (χ2n) is 7.17. The van der Waals surface area contributed by atoms with Gasteiger partial charge >= 0.3 is 0 Å². The van der Waals surface area contributed by atoms with Gasteiger partial charge in [0, 0.05) is 19.3 Å². The quantitative estimate of drug-likeness (QED) is 0.797. The minimum absolute atomic E-state index is 0.406. The first kappa shape index (κ1) is 16.1. The van der Waals surface area contributed by atoms with Gasteiger partial charge in [-0.05, 0) is 37.4 Å². The number of hydrogen-bond donors (Lipinski definition) is 1. The molecule has 1 fully saturated rings. The summed E-state index contributed by atoms with van der Waals surface area (Å²) in [6.07, 6.45) is 3.32. The van der Waals surface area contributed by atoms with E-state index < -0.39 is 0 Å². The van der Waals surface area contributed by atoms with E-state index in [2.05, 4.69) is 62.9 Å². The van der Waals surface area contributed by atoms with Crippen molar-refractivity contribution in [1.82, 2.24) is 19.4 Å². The second kappa shape index (κ2) is 6.48. The van der Waals surface area contributed by atoms with Gasteiger partial charge < -0.3 is 10.3 Å². The van der Waals surface area contributed by atoms with E-state index >= 15 is 0 Å². The van der Waals surface area contributed by atoms with Crippen molar-refractivity contribution in [3.05, 3.63) is 54.0 Å². The Morgan fingerprint density at radius 1 is 1.16 bits per heavy atom. The third-order valence-electron chi connectivity index (χ3n) is 5.32. The molecule has 0 aliphatic carbocycles. The molecule has 130 valence electrons. The van der Waals surface area contributed by atoms with E-state index in [1.807, 2.05) is 13.0 Å². The standard InChI is InChI=1S/C20H25N5/c1-14-8-10-24(12-16-6-4-3-5-7-16)13-18(14)25-11-9-17-19(21)22-15(2)23-20(17)25/h3-7,9,11,14,18H,8,10,12-13H2,1-2H3,(H2,21,22,23). The van der Waals surface area contributed by atoms with Crippen molar-refractivity contribution in [1.29, 1.82) is 0 Å². The maximum absolute atomic E-state index is 6.09. The molecular formula is C20H25N5. The Morgan fingerprint density at radius 3 is 2.76 bits per heavy atom. The number of hydrogen-bond acceptors (Lipinski definition) is 4. The first-order valence-electron chi connectivity index (χ1n) is 8.99. The number of aromatic nitrogens is 3. The number of rotatable bonds is 3. The fourth-order valence-electron chi connectivity index (χ4n) is 3.90. The molecule has 25 heavy (non-hydrogen) atoms. The molecule has 0 radical (unpaired) electrons. The van der Waals surface area contributed by atoms with Crippen LogP contribution in [0.15, 0.2) is 42.6 Å². The summed E-state index contributed by atoms with van der Waals surface area (Å²) in [6, 6.07) is 13.2. The van der Waals surface area contributed by atoms with Crippen LogP contribution in [0.5, 0.6) is 0 Å². The highest BCUT2D eigenvalue weighted by Crippen LogP contribution is 2.32. The molecule has 2 unspecified atom stereocenters. The van der Waals surface area contributed by atoms with Crippen molar-refractivity contribution in [3.8, 4) is 0 Å². The Hall–Kier alpha value is -2.40. The van der Waals surface area contributed by atoms with Crippen molar-refractivity contribution < 1.29 is 0 Å². The maximum atomic E-state index is 6.09. The molecule has 2 N–H and O–H groups in total. The number of fused-ring (bicyclic) bond motifs is 1. The molecular weight excluding hydrogens is 310 g/mol. The summed E-state index contributed by atoms with van der Waals surface area (Å²) in [5.41, 5.74) is 8.42. The fraction of sp³-hybridized carbons (Fsp3) is 0.400. The van der Waals surface area contributed by atoms with Crippen LogP contribution in [0.3, 0.4) is 0 Å². The van der Waals surface area contributed by atoms with E-state index in [1.165, 1.54) is 12.0 Å². The Labute approximate surface area is 148 Å².